The summed E-state index contributed by atoms with van der Waals surface area (Å²) in [5, 5.41) is 12.2. The number of methoxy groups -OCH3 is 1. The fourth-order valence-electron chi connectivity index (χ4n) is 2.18. The van der Waals surface area contributed by atoms with Crippen molar-refractivity contribution in [2.24, 2.45) is 0 Å². The van der Waals surface area contributed by atoms with Gasteiger partial charge >= 0.3 is 12.0 Å². The predicted octanol–water partition coefficient (Wildman–Crippen LogP) is 1.66. The molecule has 1 aromatic rings. The molecule has 0 aromatic heterocycles. The minimum Gasteiger partial charge on any atom is -0.503 e. The summed E-state index contributed by atoms with van der Waals surface area (Å²) in [4.78, 5) is 36.3. The predicted molar refractivity (Wildman–Crippen MR) is 92.1 cm³/mol. The average molecular weight is 413 g/mol. The first-order valence-corrected chi connectivity index (χ1v) is 8.17. The number of halogens is 1. The lowest BCUT2D eigenvalue weighted by Crippen LogP contribution is -2.41. The molecule has 9 heteroatoms. The van der Waals surface area contributed by atoms with Gasteiger partial charge in [-0.1, -0.05) is 0 Å². The van der Waals surface area contributed by atoms with Gasteiger partial charge in [-0.2, -0.15) is 0 Å². The molecule has 2 N–H and O–H groups in total. The van der Waals surface area contributed by atoms with Crippen LogP contribution in [0, 0.1) is 0 Å². The first-order valence-electron chi connectivity index (χ1n) is 7.38. The van der Waals surface area contributed by atoms with Crippen LogP contribution in [0.4, 0.5) is 4.79 Å². The van der Waals surface area contributed by atoms with Crippen molar-refractivity contribution in [1.82, 2.24) is 10.2 Å². The van der Waals surface area contributed by atoms with Crippen molar-refractivity contribution >= 4 is 39.9 Å². The summed E-state index contributed by atoms with van der Waals surface area (Å²) in [6.45, 7) is 2.03. The van der Waals surface area contributed by atoms with Crippen molar-refractivity contribution in [3.8, 4) is 11.5 Å². The lowest BCUT2D eigenvalue weighted by atomic mass is 10.2. The Balaban J connectivity index is 2.00. The van der Waals surface area contributed by atoms with Crippen LogP contribution < -0.4 is 10.1 Å². The molecule has 2 rings (SSSR count). The summed E-state index contributed by atoms with van der Waals surface area (Å²) in [6, 6.07) is 2.63. The van der Waals surface area contributed by atoms with Crippen LogP contribution in [0.3, 0.4) is 0 Å². The average Bonchev–Trinajstić information content (AvgIpc) is 3.00. The molecular weight excluding hydrogens is 396 g/mol. The Morgan fingerprint density at radius 3 is 2.76 bits per heavy atom. The normalized spacial score (nSPS) is 15.2. The number of phenols is 1. The van der Waals surface area contributed by atoms with Gasteiger partial charge in [-0.15, -0.1) is 0 Å². The molecule has 8 nitrogen and oxygen atoms in total. The first kappa shape index (κ1) is 18.8. The van der Waals surface area contributed by atoms with Crippen molar-refractivity contribution in [3.05, 3.63) is 28.2 Å². The molecule has 3 amide bonds. The number of nitrogens with one attached hydrogen (secondary N) is 1. The molecule has 1 aliphatic rings. The molecule has 0 saturated carbocycles. The van der Waals surface area contributed by atoms with Gasteiger partial charge in [-0.05, 0) is 46.6 Å². The Bertz CT molecular complexity index is 734. The van der Waals surface area contributed by atoms with E-state index < -0.39 is 24.0 Å². The number of aromatic hydroxyl groups is 1. The van der Waals surface area contributed by atoms with Crippen molar-refractivity contribution < 1.29 is 29.0 Å². The Labute approximate surface area is 152 Å². The van der Waals surface area contributed by atoms with Gasteiger partial charge in [0.2, 0.25) is 0 Å². The number of ether oxygens (including phenoxy) is 2. The van der Waals surface area contributed by atoms with Crippen molar-refractivity contribution in [2.75, 3.05) is 20.2 Å². The van der Waals surface area contributed by atoms with Crippen LogP contribution in [0.2, 0.25) is 0 Å². The summed E-state index contributed by atoms with van der Waals surface area (Å²) in [5.74, 6) is -1.12. The Morgan fingerprint density at radius 1 is 1.44 bits per heavy atom. The van der Waals surface area contributed by atoms with Crippen molar-refractivity contribution in [1.29, 1.82) is 0 Å². The SMILES string of the molecule is COc1cc(/C=C/C(=O)O[C@@H](C)C(=O)N2CCNC2=O)cc(Br)c1O. The second-order valence-electron chi connectivity index (χ2n) is 5.19. The van der Waals surface area contributed by atoms with Gasteiger partial charge in [0.25, 0.3) is 5.91 Å². The maximum absolute atomic E-state index is 12.0. The molecule has 25 heavy (non-hydrogen) atoms. The molecule has 0 bridgehead atoms. The molecule has 0 aliphatic carbocycles. The van der Waals surface area contributed by atoms with Crippen LogP contribution in [-0.4, -0.2) is 54.2 Å². The molecule has 1 saturated heterocycles. The number of amides is 3. The smallest absolute Gasteiger partial charge is 0.331 e. The van der Waals surface area contributed by atoms with Gasteiger partial charge in [-0.25, -0.2) is 9.59 Å². The van der Waals surface area contributed by atoms with Gasteiger partial charge in [0.15, 0.2) is 17.6 Å². The number of benzene rings is 1. The fourth-order valence-corrected chi connectivity index (χ4v) is 2.63. The number of phenolic OH excluding ortho intramolecular Hbond substituents is 1. The molecule has 134 valence electrons. The van der Waals surface area contributed by atoms with Crippen molar-refractivity contribution in [2.45, 2.75) is 13.0 Å². The number of nitrogens with zero attached hydrogens (tertiary/aromatic N) is 1. The van der Waals surface area contributed by atoms with Gasteiger partial charge in [0.05, 0.1) is 11.6 Å². The van der Waals surface area contributed by atoms with Crippen LogP contribution in [0.1, 0.15) is 12.5 Å². The van der Waals surface area contributed by atoms with Crippen LogP contribution in [0.25, 0.3) is 6.08 Å². The van der Waals surface area contributed by atoms with E-state index in [0.29, 0.717) is 16.6 Å². The number of carbonyl (C=O) groups is 3. The maximum atomic E-state index is 12.0. The van der Waals surface area contributed by atoms with E-state index in [1.807, 2.05) is 0 Å². The van der Waals surface area contributed by atoms with E-state index in [2.05, 4.69) is 21.2 Å². The zero-order valence-corrected chi connectivity index (χ0v) is 15.2. The minimum atomic E-state index is -1.08. The van der Waals surface area contributed by atoms with E-state index >= 15 is 0 Å². The highest BCUT2D eigenvalue weighted by atomic mass is 79.9. The van der Waals surface area contributed by atoms with Gasteiger partial charge in [-0.3, -0.25) is 9.69 Å². The highest BCUT2D eigenvalue weighted by Crippen LogP contribution is 2.35. The van der Waals surface area contributed by atoms with E-state index in [9.17, 15) is 19.5 Å². The summed E-state index contributed by atoms with van der Waals surface area (Å²) in [6.07, 6.45) is 1.52. The van der Waals surface area contributed by atoms with E-state index in [1.54, 1.807) is 6.07 Å². The molecule has 0 radical (unpaired) electrons. The van der Waals surface area contributed by atoms with Gasteiger partial charge in [0, 0.05) is 19.2 Å². The number of esters is 1. The third-order valence-corrected chi connectivity index (χ3v) is 4.05. The monoisotopic (exact) mass is 412 g/mol. The Hall–Kier alpha value is -2.55. The van der Waals surface area contributed by atoms with Gasteiger partial charge < -0.3 is 19.9 Å². The highest BCUT2D eigenvalue weighted by molar-refractivity contribution is 9.10. The van der Waals surface area contributed by atoms with E-state index in [-0.39, 0.29) is 18.0 Å². The van der Waals surface area contributed by atoms with Crippen LogP contribution >= 0.6 is 15.9 Å². The molecule has 0 spiro atoms. The second-order valence-corrected chi connectivity index (χ2v) is 6.04. The molecule has 0 unspecified atom stereocenters. The molecule has 1 aliphatic heterocycles. The third-order valence-electron chi connectivity index (χ3n) is 3.45. The molecule has 1 fully saturated rings. The molecule has 1 aromatic carbocycles. The highest BCUT2D eigenvalue weighted by Gasteiger charge is 2.31. The zero-order chi connectivity index (χ0) is 18.6. The van der Waals surface area contributed by atoms with Gasteiger partial charge in [0.1, 0.15) is 0 Å². The number of carbonyl (C=O) groups excluding carboxylic acids is 3. The van der Waals surface area contributed by atoms with Crippen LogP contribution in [0.5, 0.6) is 11.5 Å². The summed E-state index contributed by atoms with van der Waals surface area (Å²) in [7, 11) is 1.41. The molecular formula is C16H17BrN2O6. The number of hydrogen-bond donors (Lipinski definition) is 2. The Kier molecular flexibility index (Phi) is 6.02. The maximum Gasteiger partial charge on any atom is 0.331 e. The van der Waals surface area contributed by atoms with E-state index in [1.165, 1.54) is 26.2 Å². The number of urea groups is 1. The first-order chi connectivity index (χ1) is 11.8. The second kappa shape index (κ2) is 8.02. The quantitative estimate of drug-likeness (QED) is 0.562. The Morgan fingerprint density at radius 2 is 2.16 bits per heavy atom. The topological polar surface area (TPSA) is 105 Å². The number of rotatable bonds is 5. The van der Waals surface area contributed by atoms with Crippen LogP contribution in [-0.2, 0) is 14.3 Å². The molecule has 1 atom stereocenters. The van der Waals surface area contributed by atoms with Crippen LogP contribution in [0.15, 0.2) is 22.7 Å². The summed E-state index contributed by atoms with van der Waals surface area (Å²) >= 11 is 3.18. The lowest BCUT2D eigenvalue weighted by molar-refractivity contribution is -0.153. The van der Waals surface area contributed by atoms with Crippen molar-refractivity contribution in [3.63, 3.8) is 0 Å². The third kappa shape index (κ3) is 4.50. The van der Waals surface area contributed by atoms with E-state index in [0.717, 1.165) is 11.0 Å². The minimum absolute atomic E-state index is 0.0506. The summed E-state index contributed by atoms with van der Waals surface area (Å²) in [5.41, 5.74) is 0.580. The van der Waals surface area contributed by atoms with E-state index in [4.69, 9.17) is 9.47 Å². The largest absolute Gasteiger partial charge is 0.503 e. The standard InChI is InChI=1S/C16H17BrN2O6/c1-9(15(22)19-6-5-18-16(19)23)25-13(20)4-3-10-7-11(17)14(21)12(8-10)24-2/h3-4,7-9,21H,5-6H2,1-2H3,(H,18,23)/b4-3+/t9-/m0/s1. The number of hydrogen-bond acceptors (Lipinski definition) is 6. The molecule has 1 heterocycles. The summed E-state index contributed by atoms with van der Waals surface area (Å²) < 4.78 is 10.4. The lowest BCUT2D eigenvalue weighted by Gasteiger charge is -2.17. The zero-order valence-electron chi connectivity index (χ0n) is 13.6. The fraction of sp³-hybridized carbons (Fsp3) is 0.312. The number of imide groups is 1.